The van der Waals surface area contributed by atoms with Gasteiger partial charge in [-0.3, -0.25) is 0 Å². The van der Waals surface area contributed by atoms with Gasteiger partial charge in [0.05, 0.1) is 33.1 Å². The summed E-state index contributed by atoms with van der Waals surface area (Å²) in [7, 11) is 0. The van der Waals surface area contributed by atoms with E-state index >= 15 is 0 Å². The van der Waals surface area contributed by atoms with Crippen molar-refractivity contribution in [2.75, 3.05) is 0 Å². The van der Waals surface area contributed by atoms with Crippen molar-refractivity contribution in [3.63, 3.8) is 0 Å². The van der Waals surface area contributed by atoms with E-state index < -0.39 is 0 Å². The highest BCUT2D eigenvalue weighted by Gasteiger charge is 2.28. The van der Waals surface area contributed by atoms with Crippen LogP contribution in [-0.2, 0) is 6.42 Å². The maximum absolute atomic E-state index is 2.53. The SMILES string of the molecule is c1ccc(C2CCc3c(ccc4c5cc(-c6ccc7c(c6)c6ccc8c9ccccc9n(-c9ccccc9)c8c6n7-c6ccccc6)ccc5n(-c5ccccc5)c34)-c3ccccc32)cc1. The Morgan fingerprint density at radius 3 is 1.38 bits per heavy atom. The zero-order valence-electron chi connectivity index (χ0n) is 36.3. The summed E-state index contributed by atoms with van der Waals surface area (Å²) in [6.45, 7) is 0. The average Bonchev–Trinajstić information content (AvgIpc) is 3.99. The van der Waals surface area contributed by atoms with E-state index in [-0.39, 0.29) is 0 Å². The molecule has 66 heavy (non-hydrogen) atoms. The minimum absolute atomic E-state index is 0.326. The first-order chi connectivity index (χ1) is 32.8. The molecule has 13 aromatic rings. The Kier molecular flexibility index (Phi) is 8.17. The summed E-state index contributed by atoms with van der Waals surface area (Å²) in [5.41, 5.74) is 20.2. The van der Waals surface area contributed by atoms with Gasteiger partial charge < -0.3 is 13.7 Å². The molecule has 14 rings (SSSR count). The number of nitrogens with zero attached hydrogens (tertiary/aromatic N) is 3. The third-order valence-electron chi connectivity index (χ3n) is 14.5. The van der Waals surface area contributed by atoms with Crippen LogP contribution in [0, 0.1) is 0 Å². The number of aryl methyl sites for hydroxylation is 1. The molecule has 0 saturated heterocycles. The van der Waals surface area contributed by atoms with E-state index in [2.05, 4.69) is 244 Å². The fourth-order valence-corrected chi connectivity index (χ4v) is 11.6. The Balaban J connectivity index is 1.01. The van der Waals surface area contributed by atoms with E-state index in [0.717, 1.165) is 24.2 Å². The number of benzene rings is 10. The van der Waals surface area contributed by atoms with Gasteiger partial charge in [0, 0.05) is 55.3 Å². The second kappa shape index (κ2) is 14.6. The van der Waals surface area contributed by atoms with Gasteiger partial charge in [0.15, 0.2) is 0 Å². The summed E-state index contributed by atoms with van der Waals surface area (Å²) >= 11 is 0. The molecule has 1 atom stereocenters. The molecule has 0 bridgehead atoms. The minimum atomic E-state index is 0.326. The Bertz CT molecular complexity index is 4020. The van der Waals surface area contributed by atoms with E-state index in [1.807, 2.05) is 0 Å². The van der Waals surface area contributed by atoms with Gasteiger partial charge in [0.1, 0.15) is 0 Å². The molecule has 3 aromatic heterocycles. The van der Waals surface area contributed by atoms with Crippen molar-refractivity contribution in [1.82, 2.24) is 13.7 Å². The van der Waals surface area contributed by atoms with Crippen LogP contribution < -0.4 is 0 Å². The van der Waals surface area contributed by atoms with Crippen molar-refractivity contribution in [3.8, 4) is 39.3 Å². The lowest BCUT2D eigenvalue weighted by Gasteiger charge is -2.18. The molecule has 0 fully saturated rings. The molecule has 1 aliphatic rings. The fourth-order valence-electron chi connectivity index (χ4n) is 11.6. The minimum Gasteiger partial charge on any atom is -0.309 e. The number of hydrogen-bond acceptors (Lipinski definition) is 0. The molecule has 3 nitrogen and oxygen atoms in total. The van der Waals surface area contributed by atoms with Crippen LogP contribution in [0.4, 0.5) is 0 Å². The molecule has 3 heteroatoms. The molecular formula is C63H43N3. The zero-order chi connectivity index (χ0) is 43.3. The smallest absolute Gasteiger partial charge is 0.0788 e. The average molecular weight is 842 g/mol. The Morgan fingerprint density at radius 1 is 0.318 bits per heavy atom. The molecule has 0 aliphatic heterocycles. The van der Waals surface area contributed by atoms with Gasteiger partial charge in [0.25, 0.3) is 0 Å². The van der Waals surface area contributed by atoms with Crippen LogP contribution >= 0.6 is 0 Å². The zero-order valence-corrected chi connectivity index (χ0v) is 36.3. The summed E-state index contributed by atoms with van der Waals surface area (Å²) in [5, 5.41) is 7.54. The Hall–Kier alpha value is -8.40. The van der Waals surface area contributed by atoms with Crippen molar-refractivity contribution >= 4 is 65.4 Å². The Morgan fingerprint density at radius 2 is 0.773 bits per heavy atom. The van der Waals surface area contributed by atoms with E-state index in [0.29, 0.717) is 5.92 Å². The maximum atomic E-state index is 2.53. The standard InChI is InChI=1S/C63H43N3/c1-5-17-41(18-6-1)47-31-33-52-50(49-26-14-13-25-48(47)49)32-34-54-56-39-42(29-37-59(56)64(61(52)54)44-19-7-2-8-20-44)43-30-38-60-57(40-43)55-36-35-53-51-27-15-16-28-58(51)65(45-21-9-3-10-22-45)62(53)63(55)66(60)46-23-11-4-12-24-46/h1-30,32,34-40,47H,31,33H2. The molecule has 0 spiro atoms. The van der Waals surface area contributed by atoms with E-state index in [1.165, 1.54) is 110 Å². The second-order valence-corrected chi connectivity index (χ2v) is 17.9. The molecular weight excluding hydrogens is 799 g/mol. The molecule has 0 radical (unpaired) electrons. The summed E-state index contributed by atoms with van der Waals surface area (Å²) < 4.78 is 7.48. The van der Waals surface area contributed by atoms with Gasteiger partial charge in [0.2, 0.25) is 0 Å². The third-order valence-corrected chi connectivity index (χ3v) is 14.5. The van der Waals surface area contributed by atoms with Gasteiger partial charge in [-0.05, 0) is 119 Å². The van der Waals surface area contributed by atoms with Crippen LogP contribution in [0.1, 0.15) is 29.0 Å². The topological polar surface area (TPSA) is 14.8 Å². The van der Waals surface area contributed by atoms with E-state index in [1.54, 1.807) is 0 Å². The third kappa shape index (κ3) is 5.44. The molecule has 3 heterocycles. The predicted octanol–water partition coefficient (Wildman–Crippen LogP) is 16.4. The monoisotopic (exact) mass is 841 g/mol. The van der Waals surface area contributed by atoms with E-state index in [9.17, 15) is 0 Å². The molecule has 1 unspecified atom stereocenters. The van der Waals surface area contributed by atoms with Crippen LogP contribution in [0.5, 0.6) is 0 Å². The summed E-state index contributed by atoms with van der Waals surface area (Å²) in [5.74, 6) is 0.326. The predicted molar refractivity (Wildman–Crippen MR) is 277 cm³/mol. The normalized spacial score (nSPS) is 13.8. The van der Waals surface area contributed by atoms with Gasteiger partial charge in [-0.25, -0.2) is 0 Å². The highest BCUT2D eigenvalue weighted by molar-refractivity contribution is 6.24. The number of aromatic nitrogens is 3. The number of fused-ring (bicyclic) bond motifs is 14. The molecule has 0 amide bonds. The van der Waals surface area contributed by atoms with Crippen molar-refractivity contribution in [2.24, 2.45) is 0 Å². The molecule has 0 N–H and O–H groups in total. The first kappa shape index (κ1) is 37.0. The summed E-state index contributed by atoms with van der Waals surface area (Å²) in [4.78, 5) is 0. The Labute approximate surface area is 382 Å². The number of para-hydroxylation sites is 4. The van der Waals surface area contributed by atoms with E-state index in [4.69, 9.17) is 0 Å². The highest BCUT2D eigenvalue weighted by Crippen LogP contribution is 2.47. The molecule has 0 saturated carbocycles. The van der Waals surface area contributed by atoms with Gasteiger partial charge in [-0.2, -0.15) is 0 Å². The van der Waals surface area contributed by atoms with Crippen molar-refractivity contribution < 1.29 is 0 Å². The first-order valence-corrected chi connectivity index (χ1v) is 23.2. The van der Waals surface area contributed by atoms with Crippen LogP contribution in [0.3, 0.4) is 0 Å². The van der Waals surface area contributed by atoms with Crippen LogP contribution in [0.25, 0.3) is 105 Å². The lowest BCUT2D eigenvalue weighted by molar-refractivity contribution is 0.727. The fraction of sp³-hybridized carbons (Fsp3) is 0.0476. The molecule has 10 aromatic carbocycles. The maximum Gasteiger partial charge on any atom is 0.0788 e. The molecule has 310 valence electrons. The lowest BCUT2D eigenvalue weighted by atomic mass is 9.86. The summed E-state index contributed by atoms with van der Waals surface area (Å²) in [6.07, 6.45) is 2.03. The largest absolute Gasteiger partial charge is 0.309 e. The van der Waals surface area contributed by atoms with Gasteiger partial charge in [-0.15, -0.1) is 0 Å². The summed E-state index contributed by atoms with van der Waals surface area (Å²) in [6, 6.07) is 85.4. The quantitative estimate of drug-likeness (QED) is 0.164. The molecule has 1 aliphatic carbocycles. The van der Waals surface area contributed by atoms with Crippen LogP contribution in [-0.4, -0.2) is 13.7 Å². The number of rotatable bonds is 5. The van der Waals surface area contributed by atoms with Crippen molar-refractivity contribution in [3.05, 3.63) is 247 Å². The second-order valence-electron chi connectivity index (χ2n) is 17.9. The lowest BCUT2D eigenvalue weighted by Crippen LogP contribution is -2.02. The van der Waals surface area contributed by atoms with Crippen molar-refractivity contribution in [1.29, 1.82) is 0 Å². The number of hydrogen-bond donors (Lipinski definition) is 0. The van der Waals surface area contributed by atoms with Gasteiger partial charge in [-0.1, -0.05) is 164 Å². The first-order valence-electron chi connectivity index (χ1n) is 23.2. The highest BCUT2D eigenvalue weighted by atomic mass is 15.0. The van der Waals surface area contributed by atoms with Gasteiger partial charge >= 0.3 is 0 Å². The van der Waals surface area contributed by atoms with Crippen LogP contribution in [0.15, 0.2) is 231 Å². The van der Waals surface area contributed by atoms with Crippen LogP contribution in [0.2, 0.25) is 0 Å². The van der Waals surface area contributed by atoms with Crippen molar-refractivity contribution in [2.45, 2.75) is 18.8 Å².